The number of rotatable bonds is 5. The Kier molecular flexibility index (Phi) is 4.49. The van der Waals surface area contributed by atoms with Crippen molar-refractivity contribution in [2.75, 3.05) is 13.2 Å². The van der Waals surface area contributed by atoms with Crippen LogP contribution >= 0.6 is 0 Å². The molecule has 1 heterocycles. The number of Topliss-reactive ketones (excluding diaryl/α,β-unsaturated/α-hetero) is 1. The van der Waals surface area contributed by atoms with Crippen LogP contribution < -0.4 is 0 Å². The number of benzene rings is 1. The van der Waals surface area contributed by atoms with Gasteiger partial charge in [-0.2, -0.15) is 5.26 Å². The SMILES string of the molecule is N#CC(CCc1ccccc1)C(=O)C1CCOC1. The van der Waals surface area contributed by atoms with Crippen LogP contribution in [0.3, 0.4) is 0 Å². The lowest BCUT2D eigenvalue weighted by Crippen LogP contribution is -2.23. The molecule has 18 heavy (non-hydrogen) atoms. The molecule has 3 heteroatoms. The molecule has 3 nitrogen and oxygen atoms in total. The molecular formula is C15H17NO2. The predicted octanol–water partition coefficient (Wildman–Crippen LogP) is 2.36. The molecule has 1 fully saturated rings. The van der Waals surface area contributed by atoms with Crippen LogP contribution in [-0.4, -0.2) is 19.0 Å². The minimum absolute atomic E-state index is 0.0610. The van der Waals surface area contributed by atoms with E-state index in [4.69, 9.17) is 10.00 Å². The summed E-state index contributed by atoms with van der Waals surface area (Å²) in [6.07, 6.45) is 2.15. The summed E-state index contributed by atoms with van der Waals surface area (Å²) < 4.78 is 5.21. The highest BCUT2D eigenvalue weighted by atomic mass is 16.5. The molecule has 0 aromatic heterocycles. The fourth-order valence-electron chi connectivity index (χ4n) is 2.27. The third kappa shape index (κ3) is 3.18. The third-order valence-electron chi connectivity index (χ3n) is 3.40. The molecule has 1 saturated heterocycles. The van der Waals surface area contributed by atoms with Crippen LogP contribution in [0.5, 0.6) is 0 Å². The molecule has 1 aliphatic rings. The maximum atomic E-state index is 12.1. The molecule has 0 aliphatic carbocycles. The summed E-state index contributed by atoms with van der Waals surface area (Å²) in [6, 6.07) is 12.1. The van der Waals surface area contributed by atoms with E-state index >= 15 is 0 Å². The van der Waals surface area contributed by atoms with E-state index in [-0.39, 0.29) is 11.7 Å². The maximum absolute atomic E-state index is 12.1. The van der Waals surface area contributed by atoms with Crippen molar-refractivity contribution < 1.29 is 9.53 Å². The minimum atomic E-state index is -0.489. The smallest absolute Gasteiger partial charge is 0.155 e. The highest BCUT2D eigenvalue weighted by Gasteiger charge is 2.29. The number of carbonyl (C=O) groups excluding carboxylic acids is 1. The number of ether oxygens (including phenoxy) is 1. The van der Waals surface area contributed by atoms with E-state index in [1.807, 2.05) is 30.3 Å². The lowest BCUT2D eigenvalue weighted by molar-refractivity contribution is -0.125. The summed E-state index contributed by atoms with van der Waals surface area (Å²) in [5.74, 6) is -0.492. The van der Waals surface area contributed by atoms with Gasteiger partial charge in [0.15, 0.2) is 5.78 Å². The van der Waals surface area contributed by atoms with Gasteiger partial charge >= 0.3 is 0 Å². The molecule has 0 bridgehead atoms. The van der Waals surface area contributed by atoms with E-state index in [9.17, 15) is 4.79 Å². The number of nitriles is 1. The lowest BCUT2D eigenvalue weighted by Gasteiger charge is -2.12. The molecule has 0 N–H and O–H groups in total. The fraction of sp³-hybridized carbons (Fsp3) is 0.467. The molecule has 1 aromatic carbocycles. The maximum Gasteiger partial charge on any atom is 0.155 e. The lowest BCUT2D eigenvalue weighted by atomic mass is 9.89. The van der Waals surface area contributed by atoms with Crippen molar-refractivity contribution in [3.63, 3.8) is 0 Å². The van der Waals surface area contributed by atoms with Crippen LogP contribution in [0, 0.1) is 23.2 Å². The molecule has 0 spiro atoms. The summed E-state index contributed by atoms with van der Waals surface area (Å²) >= 11 is 0. The Bertz CT molecular complexity index is 430. The molecule has 0 radical (unpaired) electrons. The fourth-order valence-corrected chi connectivity index (χ4v) is 2.27. The van der Waals surface area contributed by atoms with Gasteiger partial charge in [0.2, 0.25) is 0 Å². The Morgan fingerprint density at radius 1 is 1.44 bits per heavy atom. The molecule has 1 aliphatic heterocycles. The van der Waals surface area contributed by atoms with Gasteiger partial charge in [-0.3, -0.25) is 4.79 Å². The first-order valence-corrected chi connectivity index (χ1v) is 6.36. The third-order valence-corrected chi connectivity index (χ3v) is 3.40. The second-order valence-corrected chi connectivity index (χ2v) is 4.67. The van der Waals surface area contributed by atoms with Gasteiger partial charge in [-0.1, -0.05) is 30.3 Å². The van der Waals surface area contributed by atoms with E-state index in [0.29, 0.717) is 19.6 Å². The summed E-state index contributed by atoms with van der Waals surface area (Å²) in [7, 11) is 0. The molecule has 2 atom stereocenters. The summed E-state index contributed by atoms with van der Waals surface area (Å²) in [4.78, 5) is 12.1. The normalized spacial score (nSPS) is 20.3. The van der Waals surface area contributed by atoms with Crippen LogP contribution in [0.1, 0.15) is 18.4 Å². The van der Waals surface area contributed by atoms with E-state index in [1.165, 1.54) is 5.56 Å². The highest BCUT2D eigenvalue weighted by molar-refractivity contribution is 5.85. The van der Waals surface area contributed by atoms with Crippen molar-refractivity contribution in [2.24, 2.45) is 11.8 Å². The molecule has 2 unspecified atom stereocenters. The first kappa shape index (κ1) is 12.8. The summed E-state index contributed by atoms with van der Waals surface area (Å²) in [5.41, 5.74) is 1.17. The topological polar surface area (TPSA) is 50.1 Å². The van der Waals surface area contributed by atoms with Gasteiger partial charge in [-0.05, 0) is 24.8 Å². The standard InChI is InChI=1S/C15H17NO2/c16-10-13(15(17)14-8-9-18-11-14)7-6-12-4-2-1-3-5-12/h1-5,13-14H,6-9,11H2. The first-order valence-electron chi connectivity index (χ1n) is 6.36. The number of hydrogen-bond donors (Lipinski definition) is 0. The number of hydrogen-bond acceptors (Lipinski definition) is 3. The summed E-state index contributed by atoms with van der Waals surface area (Å²) in [6.45, 7) is 1.13. The molecule has 2 rings (SSSR count). The zero-order valence-electron chi connectivity index (χ0n) is 10.3. The second-order valence-electron chi connectivity index (χ2n) is 4.67. The van der Waals surface area contributed by atoms with E-state index in [2.05, 4.69) is 6.07 Å². The second kappa shape index (κ2) is 6.32. The van der Waals surface area contributed by atoms with Gasteiger partial charge in [-0.25, -0.2) is 0 Å². The monoisotopic (exact) mass is 243 g/mol. The average Bonchev–Trinajstić information content (AvgIpc) is 2.94. The van der Waals surface area contributed by atoms with Crippen LogP contribution in [0.15, 0.2) is 30.3 Å². The Balaban J connectivity index is 1.89. The quantitative estimate of drug-likeness (QED) is 0.797. The molecule has 0 amide bonds. The van der Waals surface area contributed by atoms with Crippen molar-refractivity contribution in [2.45, 2.75) is 19.3 Å². The predicted molar refractivity (Wildman–Crippen MR) is 67.8 cm³/mol. The van der Waals surface area contributed by atoms with Crippen LogP contribution in [-0.2, 0) is 16.0 Å². The van der Waals surface area contributed by atoms with Gasteiger partial charge < -0.3 is 4.74 Å². The van der Waals surface area contributed by atoms with Crippen molar-refractivity contribution in [3.05, 3.63) is 35.9 Å². The van der Waals surface area contributed by atoms with E-state index < -0.39 is 5.92 Å². The molecule has 94 valence electrons. The van der Waals surface area contributed by atoms with Crippen LogP contribution in [0.25, 0.3) is 0 Å². The van der Waals surface area contributed by atoms with Crippen molar-refractivity contribution >= 4 is 5.78 Å². The Morgan fingerprint density at radius 3 is 2.83 bits per heavy atom. The molecule has 0 saturated carbocycles. The van der Waals surface area contributed by atoms with Crippen LogP contribution in [0.4, 0.5) is 0 Å². The average molecular weight is 243 g/mol. The van der Waals surface area contributed by atoms with Gasteiger partial charge in [-0.15, -0.1) is 0 Å². The molecule has 1 aromatic rings. The Hall–Kier alpha value is -1.66. The van der Waals surface area contributed by atoms with E-state index in [0.717, 1.165) is 12.8 Å². The van der Waals surface area contributed by atoms with Gasteiger partial charge in [0.25, 0.3) is 0 Å². The Labute approximate surface area is 107 Å². The number of aryl methyl sites for hydroxylation is 1. The minimum Gasteiger partial charge on any atom is -0.381 e. The van der Waals surface area contributed by atoms with Gasteiger partial charge in [0, 0.05) is 12.5 Å². The van der Waals surface area contributed by atoms with E-state index in [1.54, 1.807) is 0 Å². The highest BCUT2D eigenvalue weighted by Crippen LogP contribution is 2.20. The van der Waals surface area contributed by atoms with Gasteiger partial charge in [0.05, 0.1) is 12.7 Å². The zero-order chi connectivity index (χ0) is 12.8. The number of nitrogens with zero attached hydrogens (tertiary/aromatic N) is 1. The van der Waals surface area contributed by atoms with Crippen LogP contribution in [0.2, 0.25) is 0 Å². The number of ketones is 1. The number of carbonyl (C=O) groups is 1. The van der Waals surface area contributed by atoms with Crippen molar-refractivity contribution in [1.82, 2.24) is 0 Å². The summed E-state index contributed by atoms with van der Waals surface area (Å²) in [5, 5.41) is 9.12. The first-order chi connectivity index (χ1) is 8.81. The Morgan fingerprint density at radius 2 is 2.22 bits per heavy atom. The largest absolute Gasteiger partial charge is 0.381 e. The van der Waals surface area contributed by atoms with Gasteiger partial charge in [0.1, 0.15) is 5.92 Å². The van der Waals surface area contributed by atoms with Crippen molar-refractivity contribution in [1.29, 1.82) is 5.26 Å². The van der Waals surface area contributed by atoms with Crippen molar-refractivity contribution in [3.8, 4) is 6.07 Å². The molecular weight excluding hydrogens is 226 g/mol. The zero-order valence-corrected chi connectivity index (χ0v) is 10.3.